The number of carbonyl (C=O) groups excluding carboxylic acids is 1. The summed E-state index contributed by atoms with van der Waals surface area (Å²) < 4.78 is 5.03. The summed E-state index contributed by atoms with van der Waals surface area (Å²) in [6, 6.07) is 3.35. The number of aryl methyl sites for hydroxylation is 1. The van der Waals surface area contributed by atoms with Gasteiger partial charge in [-0.25, -0.2) is 4.79 Å². The van der Waals surface area contributed by atoms with Crippen LogP contribution in [0.5, 0.6) is 0 Å². The van der Waals surface area contributed by atoms with E-state index in [1.54, 1.807) is 24.4 Å². The second kappa shape index (κ2) is 4.86. The van der Waals surface area contributed by atoms with Gasteiger partial charge in [0.25, 0.3) is 0 Å². The average Bonchev–Trinajstić information content (AvgIpc) is 2.79. The lowest BCUT2D eigenvalue weighted by Crippen LogP contribution is -2.11. The molecule has 0 bridgehead atoms. The van der Waals surface area contributed by atoms with Crippen molar-refractivity contribution in [1.82, 2.24) is 4.98 Å². The molecule has 2 heterocycles. The molecule has 0 aliphatic carbocycles. The number of rotatable bonds is 2. The van der Waals surface area contributed by atoms with Crippen molar-refractivity contribution < 1.29 is 9.21 Å². The number of alkyl halides is 1. The number of fused-ring (bicyclic) bond motifs is 1. The van der Waals surface area contributed by atoms with Crippen molar-refractivity contribution in [3.63, 3.8) is 0 Å². The van der Waals surface area contributed by atoms with Gasteiger partial charge in [-0.1, -0.05) is 15.9 Å². The highest BCUT2D eigenvalue weighted by atomic mass is 79.9. The molecule has 0 saturated carbocycles. The maximum atomic E-state index is 12.5. The normalized spacial score (nSPS) is 18.3. The molecule has 1 N–H and O–H groups in total. The average molecular weight is 335 g/mol. The van der Waals surface area contributed by atoms with Crippen LogP contribution in [0.15, 0.2) is 38.0 Å². The predicted octanol–water partition coefficient (Wildman–Crippen LogP) is 2.73. The highest BCUT2D eigenvalue weighted by Gasteiger charge is 2.19. The van der Waals surface area contributed by atoms with Crippen LogP contribution >= 0.6 is 15.9 Å². The maximum Gasteiger partial charge on any atom is 0.417 e. The van der Waals surface area contributed by atoms with E-state index in [1.807, 2.05) is 6.92 Å². The number of aromatic amines is 1. The van der Waals surface area contributed by atoms with E-state index >= 15 is 0 Å². The topological polar surface area (TPSA) is 75.4 Å². The minimum absolute atomic E-state index is 0.0681. The van der Waals surface area contributed by atoms with Crippen LogP contribution in [0, 0.1) is 6.92 Å². The number of aromatic nitrogens is 1. The Kier molecular flexibility index (Phi) is 3.17. The van der Waals surface area contributed by atoms with Crippen molar-refractivity contribution in [2.75, 3.05) is 0 Å². The largest absolute Gasteiger partial charge is 0.417 e. The molecule has 0 spiro atoms. The summed E-state index contributed by atoms with van der Waals surface area (Å²) in [6.45, 7) is 1.83. The number of nitrogens with zero attached hydrogens (tertiary/aromatic N) is 1. The molecule has 1 aliphatic heterocycles. The van der Waals surface area contributed by atoms with E-state index < -0.39 is 5.76 Å². The van der Waals surface area contributed by atoms with E-state index in [1.165, 1.54) is 0 Å². The van der Waals surface area contributed by atoms with Crippen molar-refractivity contribution in [3.8, 4) is 0 Å². The monoisotopic (exact) mass is 334 g/mol. The first kappa shape index (κ1) is 13.1. The molecule has 5 nitrogen and oxygen atoms in total. The van der Waals surface area contributed by atoms with Crippen LogP contribution in [0.4, 0.5) is 0 Å². The summed E-state index contributed by atoms with van der Waals surface area (Å²) in [4.78, 5) is 30.4. The second-order valence-electron chi connectivity index (χ2n) is 4.64. The number of ketones is 1. The van der Waals surface area contributed by atoms with Gasteiger partial charge in [0.05, 0.1) is 5.52 Å². The fourth-order valence-corrected chi connectivity index (χ4v) is 2.72. The van der Waals surface area contributed by atoms with Crippen LogP contribution in [0.1, 0.15) is 22.3 Å². The Bertz CT molecular complexity index is 813. The molecular weight excluding hydrogens is 324 g/mol. The van der Waals surface area contributed by atoms with Crippen molar-refractivity contribution >= 4 is 39.0 Å². The van der Waals surface area contributed by atoms with E-state index in [0.717, 1.165) is 5.56 Å². The number of halogens is 1. The van der Waals surface area contributed by atoms with Gasteiger partial charge >= 0.3 is 5.76 Å². The van der Waals surface area contributed by atoms with E-state index in [-0.39, 0.29) is 10.7 Å². The zero-order valence-electron chi connectivity index (χ0n) is 10.6. The lowest BCUT2D eigenvalue weighted by atomic mass is 9.98. The number of aliphatic imine (C=N–C) groups is 1. The molecule has 20 heavy (non-hydrogen) atoms. The third-order valence-corrected chi connectivity index (χ3v) is 3.75. The predicted molar refractivity (Wildman–Crippen MR) is 79.8 cm³/mol. The molecule has 1 unspecified atom stereocenters. The summed E-state index contributed by atoms with van der Waals surface area (Å²) in [5, 5.41) is 0. The van der Waals surface area contributed by atoms with Gasteiger partial charge in [0.15, 0.2) is 11.4 Å². The number of H-pyrrole nitrogens is 1. The molecule has 1 atom stereocenters. The summed E-state index contributed by atoms with van der Waals surface area (Å²) in [5.41, 5.74) is 3.03. The number of hydrogen-bond donors (Lipinski definition) is 1. The molecule has 6 heteroatoms. The number of allylic oxidation sites excluding steroid dienone is 1. The third-order valence-electron chi connectivity index (χ3n) is 3.19. The van der Waals surface area contributed by atoms with Crippen molar-refractivity contribution in [1.29, 1.82) is 0 Å². The minimum Gasteiger partial charge on any atom is -0.408 e. The molecule has 1 aliphatic rings. The van der Waals surface area contributed by atoms with Gasteiger partial charge in [-0.3, -0.25) is 14.8 Å². The van der Waals surface area contributed by atoms with Gasteiger partial charge in [-0.15, -0.1) is 0 Å². The molecule has 2 aromatic rings. The Hall–Kier alpha value is -1.95. The van der Waals surface area contributed by atoms with Crippen molar-refractivity contribution in [3.05, 3.63) is 45.5 Å². The first-order valence-corrected chi connectivity index (χ1v) is 7.01. The Balaban J connectivity index is 2.06. The quantitative estimate of drug-likeness (QED) is 0.521. The van der Waals surface area contributed by atoms with E-state index in [4.69, 9.17) is 4.42 Å². The third kappa shape index (κ3) is 2.27. The molecule has 0 amide bonds. The van der Waals surface area contributed by atoms with E-state index in [9.17, 15) is 9.59 Å². The summed E-state index contributed by atoms with van der Waals surface area (Å²) in [7, 11) is 0. The smallest absolute Gasteiger partial charge is 0.408 e. The molecule has 1 aromatic carbocycles. The van der Waals surface area contributed by atoms with Crippen LogP contribution in [0.2, 0.25) is 0 Å². The van der Waals surface area contributed by atoms with Crippen LogP contribution in [0.25, 0.3) is 11.1 Å². The zero-order chi connectivity index (χ0) is 14.3. The molecule has 3 rings (SSSR count). The van der Waals surface area contributed by atoms with Crippen LogP contribution in [-0.2, 0) is 0 Å². The van der Waals surface area contributed by atoms with Gasteiger partial charge in [0.2, 0.25) is 0 Å². The number of nitrogens with one attached hydrogen (secondary N) is 1. The highest BCUT2D eigenvalue weighted by Crippen LogP contribution is 2.24. The molecule has 102 valence electrons. The Morgan fingerprint density at radius 3 is 3.05 bits per heavy atom. The Labute approximate surface area is 122 Å². The number of hydrogen-bond acceptors (Lipinski definition) is 4. The standard InChI is InChI=1S/C14H11BrN2O3/c1-7-4-9(5-10-12(7)17-14(19)20-10)13(18)8-2-3-16-11(15)6-8/h2-5,11H,6H2,1H3,(H,17,19). The van der Waals surface area contributed by atoms with Gasteiger partial charge in [0.1, 0.15) is 4.95 Å². The lowest BCUT2D eigenvalue weighted by molar-refractivity contribution is 0.103. The summed E-state index contributed by atoms with van der Waals surface area (Å²) in [5.74, 6) is -0.591. The van der Waals surface area contributed by atoms with Gasteiger partial charge in [-0.2, -0.15) is 0 Å². The van der Waals surface area contributed by atoms with Crippen molar-refractivity contribution in [2.24, 2.45) is 4.99 Å². The van der Waals surface area contributed by atoms with Gasteiger partial charge < -0.3 is 4.42 Å². The molecule has 0 radical (unpaired) electrons. The first-order chi connectivity index (χ1) is 9.54. The second-order valence-corrected chi connectivity index (χ2v) is 5.70. The minimum atomic E-state index is -0.516. The number of Topliss-reactive ketones (excluding diaryl/α,β-unsaturated/α-hetero) is 1. The molecule has 1 aromatic heterocycles. The lowest BCUT2D eigenvalue weighted by Gasteiger charge is -2.12. The van der Waals surface area contributed by atoms with Crippen molar-refractivity contribution in [2.45, 2.75) is 18.3 Å². The maximum absolute atomic E-state index is 12.5. The number of dihydropyridines is 1. The fraction of sp³-hybridized carbons (Fsp3) is 0.214. The SMILES string of the molecule is Cc1cc(C(=O)C2=CC=NC(Br)C2)cc2oc(=O)[nH]c12. The van der Waals surface area contributed by atoms with E-state index in [2.05, 4.69) is 25.9 Å². The fourth-order valence-electron chi connectivity index (χ4n) is 2.24. The summed E-state index contributed by atoms with van der Waals surface area (Å²) in [6.07, 6.45) is 3.88. The molecular formula is C14H11BrN2O3. The first-order valence-electron chi connectivity index (χ1n) is 6.09. The molecule has 0 saturated heterocycles. The van der Waals surface area contributed by atoms with Crippen LogP contribution in [0.3, 0.4) is 0 Å². The summed E-state index contributed by atoms with van der Waals surface area (Å²) >= 11 is 3.37. The van der Waals surface area contributed by atoms with Gasteiger partial charge in [0, 0.05) is 23.8 Å². The van der Waals surface area contributed by atoms with Gasteiger partial charge in [-0.05, 0) is 30.7 Å². The zero-order valence-corrected chi connectivity index (χ0v) is 12.2. The van der Waals surface area contributed by atoms with Crippen LogP contribution in [-0.4, -0.2) is 21.9 Å². The number of benzene rings is 1. The Morgan fingerprint density at radius 2 is 2.30 bits per heavy atom. The number of oxazole rings is 1. The number of carbonyl (C=O) groups is 1. The Morgan fingerprint density at radius 1 is 1.50 bits per heavy atom. The van der Waals surface area contributed by atoms with E-state index in [0.29, 0.717) is 28.7 Å². The van der Waals surface area contributed by atoms with Crippen LogP contribution < -0.4 is 5.76 Å². The molecule has 0 fully saturated rings. The highest BCUT2D eigenvalue weighted by molar-refractivity contribution is 9.09.